The van der Waals surface area contributed by atoms with Gasteiger partial charge >= 0.3 is 0 Å². The second-order valence-electron chi connectivity index (χ2n) is 5.41. The topological polar surface area (TPSA) is 20.3 Å². The van der Waals surface area contributed by atoms with Gasteiger partial charge in [0.15, 0.2) is 5.78 Å². The predicted molar refractivity (Wildman–Crippen MR) is 95.5 cm³/mol. The van der Waals surface area contributed by atoms with Crippen LogP contribution < -0.4 is 0 Å². The first-order valence-electron chi connectivity index (χ1n) is 7.13. The molecule has 0 bridgehead atoms. The number of hydrogen-bond donors (Lipinski definition) is 0. The monoisotopic (exact) mass is 393 g/mol. The maximum absolute atomic E-state index is 12.4. The summed E-state index contributed by atoms with van der Waals surface area (Å²) in [6.45, 7) is 5.51. The van der Waals surface area contributed by atoms with Gasteiger partial charge in [-0.2, -0.15) is 0 Å². The molecule has 0 aromatic heterocycles. The molecule has 0 atom stereocenters. The number of carbonyl (C=O) groups is 1. The summed E-state index contributed by atoms with van der Waals surface area (Å²) in [6.07, 6.45) is 0. The van der Waals surface area contributed by atoms with Gasteiger partial charge in [-0.15, -0.1) is 0 Å². The molecule has 0 N–H and O–H groups in total. The summed E-state index contributed by atoms with van der Waals surface area (Å²) < 4.78 is 1.15. The van der Waals surface area contributed by atoms with Crippen LogP contribution in [-0.2, 0) is 6.54 Å². The van der Waals surface area contributed by atoms with Crippen molar-refractivity contribution in [2.45, 2.75) is 26.4 Å². The Morgan fingerprint density at radius 2 is 1.67 bits per heavy atom. The van der Waals surface area contributed by atoms with E-state index in [9.17, 15) is 4.79 Å². The fraction of sp³-hybridized carbons (Fsp3) is 0.278. The molecule has 0 saturated carbocycles. The summed E-state index contributed by atoms with van der Waals surface area (Å²) in [4.78, 5) is 14.6. The van der Waals surface area contributed by atoms with Gasteiger partial charge in [-0.05, 0) is 54.1 Å². The molecule has 0 spiro atoms. The quantitative estimate of drug-likeness (QED) is 0.536. The van der Waals surface area contributed by atoms with E-state index < -0.39 is 0 Å². The van der Waals surface area contributed by atoms with Crippen molar-refractivity contribution < 1.29 is 4.79 Å². The maximum atomic E-state index is 12.4. The number of carbonyl (C=O) groups excluding carboxylic acids is 1. The van der Waals surface area contributed by atoms with Gasteiger partial charge in [0.2, 0.25) is 0 Å². The van der Waals surface area contributed by atoms with Crippen LogP contribution in [0, 0.1) is 3.57 Å². The smallest absolute Gasteiger partial charge is 0.176 e. The van der Waals surface area contributed by atoms with Crippen molar-refractivity contribution in [3.63, 3.8) is 0 Å². The molecule has 0 aliphatic carbocycles. The van der Waals surface area contributed by atoms with E-state index in [0.29, 0.717) is 12.6 Å². The van der Waals surface area contributed by atoms with Gasteiger partial charge in [0.05, 0.1) is 6.54 Å². The van der Waals surface area contributed by atoms with E-state index in [-0.39, 0.29) is 5.78 Å². The lowest BCUT2D eigenvalue weighted by atomic mass is 10.1. The Labute approximate surface area is 140 Å². The number of nitrogens with zero attached hydrogens (tertiary/aromatic N) is 1. The Balaban J connectivity index is 2.06. The zero-order valence-electron chi connectivity index (χ0n) is 12.4. The molecule has 2 nitrogen and oxygen atoms in total. The van der Waals surface area contributed by atoms with E-state index in [2.05, 4.69) is 53.5 Å². The lowest BCUT2D eigenvalue weighted by Gasteiger charge is -2.25. The maximum Gasteiger partial charge on any atom is 0.176 e. The van der Waals surface area contributed by atoms with Crippen LogP contribution in [0.1, 0.15) is 29.8 Å². The molecule has 0 aliphatic heterocycles. The molecular formula is C18H20INO. The molecule has 110 valence electrons. The highest BCUT2D eigenvalue weighted by Crippen LogP contribution is 2.12. The fourth-order valence-corrected chi connectivity index (χ4v) is 2.51. The Bertz CT molecular complexity index is 578. The van der Waals surface area contributed by atoms with Crippen LogP contribution in [0.4, 0.5) is 0 Å². The third kappa shape index (κ3) is 4.93. The predicted octanol–water partition coefficient (Wildman–Crippen LogP) is 4.38. The van der Waals surface area contributed by atoms with Crippen LogP contribution in [-0.4, -0.2) is 23.3 Å². The van der Waals surface area contributed by atoms with Crippen LogP contribution in [0.15, 0.2) is 54.6 Å². The highest BCUT2D eigenvalue weighted by molar-refractivity contribution is 14.1. The number of benzene rings is 2. The third-order valence-electron chi connectivity index (χ3n) is 3.47. The summed E-state index contributed by atoms with van der Waals surface area (Å²) in [5.41, 5.74) is 2.02. The molecule has 0 radical (unpaired) electrons. The molecule has 0 saturated heterocycles. The third-order valence-corrected chi connectivity index (χ3v) is 4.19. The van der Waals surface area contributed by atoms with Crippen molar-refractivity contribution in [2.24, 2.45) is 0 Å². The first-order chi connectivity index (χ1) is 10.1. The second-order valence-corrected chi connectivity index (χ2v) is 6.66. The first kappa shape index (κ1) is 16.2. The van der Waals surface area contributed by atoms with E-state index >= 15 is 0 Å². The minimum atomic E-state index is 0.177. The summed E-state index contributed by atoms with van der Waals surface area (Å²) in [5, 5.41) is 0. The normalized spacial score (nSPS) is 11.1. The van der Waals surface area contributed by atoms with Crippen molar-refractivity contribution in [1.29, 1.82) is 0 Å². The van der Waals surface area contributed by atoms with E-state index in [1.165, 1.54) is 5.56 Å². The van der Waals surface area contributed by atoms with Crippen molar-refractivity contribution >= 4 is 28.4 Å². The molecule has 0 amide bonds. The average Bonchev–Trinajstić information content (AvgIpc) is 2.48. The van der Waals surface area contributed by atoms with Gasteiger partial charge in [-0.3, -0.25) is 9.69 Å². The van der Waals surface area contributed by atoms with Gasteiger partial charge < -0.3 is 0 Å². The van der Waals surface area contributed by atoms with Gasteiger partial charge in [0, 0.05) is 21.7 Å². The number of halogens is 1. The van der Waals surface area contributed by atoms with Gasteiger partial charge in [0.1, 0.15) is 0 Å². The lowest BCUT2D eigenvalue weighted by molar-refractivity contribution is 0.0898. The highest BCUT2D eigenvalue weighted by Gasteiger charge is 2.15. The summed E-state index contributed by atoms with van der Waals surface area (Å²) >= 11 is 2.25. The molecule has 0 fully saturated rings. The Hall–Kier alpha value is -1.20. The molecule has 2 aromatic rings. The number of ketones is 1. The van der Waals surface area contributed by atoms with Crippen molar-refractivity contribution in [2.75, 3.05) is 6.54 Å². The second kappa shape index (κ2) is 7.71. The van der Waals surface area contributed by atoms with Crippen LogP contribution >= 0.6 is 22.6 Å². The summed E-state index contributed by atoms with van der Waals surface area (Å²) in [7, 11) is 0. The number of rotatable bonds is 6. The van der Waals surface area contributed by atoms with Crippen molar-refractivity contribution in [3.05, 3.63) is 69.3 Å². The van der Waals surface area contributed by atoms with Gasteiger partial charge in [-0.1, -0.05) is 42.5 Å². The van der Waals surface area contributed by atoms with E-state index in [1.54, 1.807) is 0 Å². The molecule has 0 heterocycles. The van der Waals surface area contributed by atoms with Crippen molar-refractivity contribution in [1.82, 2.24) is 4.90 Å². The minimum absolute atomic E-state index is 0.177. The van der Waals surface area contributed by atoms with Crippen molar-refractivity contribution in [3.8, 4) is 0 Å². The first-order valence-corrected chi connectivity index (χ1v) is 8.21. The molecule has 21 heavy (non-hydrogen) atoms. The Kier molecular flexibility index (Phi) is 5.94. The Morgan fingerprint density at radius 3 is 2.24 bits per heavy atom. The average molecular weight is 393 g/mol. The van der Waals surface area contributed by atoms with Crippen LogP contribution in [0.25, 0.3) is 0 Å². The summed E-state index contributed by atoms with van der Waals surface area (Å²) in [5.74, 6) is 0.177. The number of hydrogen-bond acceptors (Lipinski definition) is 2. The minimum Gasteiger partial charge on any atom is -0.293 e. The Morgan fingerprint density at radius 1 is 1.05 bits per heavy atom. The standard InChI is InChI=1S/C18H20INO/c1-14(2)20(12-15-6-4-3-5-7-15)13-18(21)16-8-10-17(19)11-9-16/h3-11,14H,12-13H2,1-2H3. The van der Waals surface area contributed by atoms with E-state index in [0.717, 1.165) is 15.7 Å². The zero-order chi connectivity index (χ0) is 15.2. The molecule has 3 heteroatoms. The molecular weight excluding hydrogens is 373 g/mol. The van der Waals surface area contributed by atoms with Gasteiger partial charge in [-0.25, -0.2) is 0 Å². The zero-order valence-corrected chi connectivity index (χ0v) is 14.6. The largest absolute Gasteiger partial charge is 0.293 e. The van der Waals surface area contributed by atoms with Crippen LogP contribution in [0.2, 0.25) is 0 Å². The molecule has 2 aromatic carbocycles. The number of Topliss-reactive ketones (excluding diaryl/α,β-unsaturated/α-hetero) is 1. The fourth-order valence-electron chi connectivity index (χ4n) is 2.15. The lowest BCUT2D eigenvalue weighted by Crippen LogP contribution is -2.35. The van der Waals surface area contributed by atoms with Crippen LogP contribution in [0.3, 0.4) is 0 Å². The van der Waals surface area contributed by atoms with E-state index in [4.69, 9.17) is 0 Å². The molecule has 2 rings (SSSR count). The summed E-state index contributed by atoms with van der Waals surface area (Å²) in [6, 6.07) is 18.4. The highest BCUT2D eigenvalue weighted by atomic mass is 127. The molecule has 0 aliphatic rings. The SMILES string of the molecule is CC(C)N(CC(=O)c1ccc(I)cc1)Cc1ccccc1. The van der Waals surface area contributed by atoms with E-state index in [1.807, 2.05) is 42.5 Å². The van der Waals surface area contributed by atoms with Gasteiger partial charge in [0.25, 0.3) is 0 Å². The molecule has 0 unspecified atom stereocenters. The van der Waals surface area contributed by atoms with Crippen LogP contribution in [0.5, 0.6) is 0 Å².